The van der Waals surface area contributed by atoms with Crippen LogP contribution < -0.4 is 19.5 Å². The third kappa shape index (κ3) is 9.26. The fourth-order valence-corrected chi connectivity index (χ4v) is 6.03. The van der Waals surface area contributed by atoms with E-state index < -0.39 is 41.5 Å². The summed E-state index contributed by atoms with van der Waals surface area (Å²) in [5, 5.41) is 46.5. The lowest BCUT2D eigenvalue weighted by molar-refractivity contribution is -0.122. The van der Waals surface area contributed by atoms with E-state index in [0.717, 1.165) is 0 Å². The summed E-state index contributed by atoms with van der Waals surface area (Å²) in [6.07, 6.45) is 4.21. The minimum Gasteiger partial charge on any atom is -0.508 e. The molecular formula is C38H45NO11. The highest BCUT2D eigenvalue weighted by molar-refractivity contribution is 5.98. The number of carbonyl (C=O) groups excluding carboxylic acids is 3. The van der Waals surface area contributed by atoms with Gasteiger partial charge in [0.05, 0.1) is 33.5 Å². The Morgan fingerprint density at radius 1 is 0.960 bits per heavy atom. The van der Waals surface area contributed by atoms with E-state index in [1.165, 1.54) is 39.5 Å². The number of ether oxygens (including phenoxy) is 4. The maximum atomic E-state index is 13.7. The maximum absolute atomic E-state index is 13.7. The van der Waals surface area contributed by atoms with Crippen molar-refractivity contribution in [2.24, 2.45) is 0 Å². The molecule has 0 spiro atoms. The van der Waals surface area contributed by atoms with Gasteiger partial charge in [-0.05, 0) is 79.6 Å². The second-order valence-electron chi connectivity index (χ2n) is 12.2. The standard InChI is InChI=1S/C38H45NO11/c1-22-10-8-14-26(40)13-7-5-6-11-24-17-29(42)35(36(45)34(24)38(46)50-22)28(25-18-31(47-2)37(49-4)32(19-25)48-3)20-33(44)39-21-30(43)23-12-9-15-27(41)16-23/h6,9,11-12,15-19,22,28,30,41-43,45H,5,7-8,10,13-14,20-21H2,1-4H3,(H,39,44)/t22-,28?,30?/m0/s1. The zero-order chi connectivity index (χ0) is 36.4. The van der Waals surface area contributed by atoms with Crippen LogP contribution in [0.4, 0.5) is 0 Å². The number of aromatic hydroxyl groups is 3. The van der Waals surface area contributed by atoms with Crippen LogP contribution in [-0.2, 0) is 14.3 Å². The molecule has 4 rings (SSSR count). The van der Waals surface area contributed by atoms with Crippen molar-refractivity contribution in [1.29, 1.82) is 0 Å². The molecule has 0 saturated heterocycles. The molecule has 0 aliphatic carbocycles. The molecule has 1 aliphatic heterocycles. The number of methoxy groups -OCH3 is 3. The lowest BCUT2D eigenvalue weighted by atomic mass is 9.84. The number of rotatable bonds is 10. The van der Waals surface area contributed by atoms with Crippen LogP contribution >= 0.6 is 0 Å². The van der Waals surface area contributed by atoms with Crippen LogP contribution in [0, 0.1) is 0 Å². The highest BCUT2D eigenvalue weighted by atomic mass is 16.5. The van der Waals surface area contributed by atoms with Gasteiger partial charge in [0.1, 0.15) is 28.6 Å². The zero-order valence-electron chi connectivity index (χ0n) is 28.7. The largest absolute Gasteiger partial charge is 0.508 e. The van der Waals surface area contributed by atoms with Gasteiger partial charge in [-0.25, -0.2) is 4.79 Å². The van der Waals surface area contributed by atoms with Crippen molar-refractivity contribution in [1.82, 2.24) is 5.32 Å². The maximum Gasteiger partial charge on any atom is 0.342 e. The molecule has 1 heterocycles. The number of amides is 1. The molecule has 0 radical (unpaired) electrons. The highest BCUT2D eigenvalue weighted by Crippen LogP contribution is 2.47. The quantitative estimate of drug-likeness (QED) is 0.165. The summed E-state index contributed by atoms with van der Waals surface area (Å²) in [7, 11) is 4.28. The van der Waals surface area contributed by atoms with Gasteiger partial charge in [-0.3, -0.25) is 9.59 Å². The van der Waals surface area contributed by atoms with E-state index in [1.54, 1.807) is 43.3 Å². The number of aliphatic hydroxyl groups excluding tert-OH is 1. The van der Waals surface area contributed by atoms with Crippen LogP contribution in [0.3, 0.4) is 0 Å². The summed E-state index contributed by atoms with van der Waals surface area (Å²) >= 11 is 0. The number of nitrogens with one attached hydrogen (secondary N) is 1. The predicted molar refractivity (Wildman–Crippen MR) is 185 cm³/mol. The Morgan fingerprint density at radius 2 is 1.66 bits per heavy atom. The van der Waals surface area contributed by atoms with Crippen molar-refractivity contribution in [3.63, 3.8) is 0 Å². The predicted octanol–water partition coefficient (Wildman–Crippen LogP) is 5.68. The summed E-state index contributed by atoms with van der Waals surface area (Å²) in [4.78, 5) is 39.4. The first kappa shape index (κ1) is 37.6. The first-order valence-corrected chi connectivity index (χ1v) is 16.5. The molecule has 12 nitrogen and oxygen atoms in total. The molecule has 0 bridgehead atoms. The van der Waals surface area contributed by atoms with Crippen LogP contribution in [0.2, 0.25) is 0 Å². The van der Waals surface area contributed by atoms with Crippen LogP contribution in [0.15, 0.2) is 48.5 Å². The number of carbonyl (C=O) groups is 3. The van der Waals surface area contributed by atoms with Gasteiger partial charge in [0.25, 0.3) is 0 Å². The smallest absolute Gasteiger partial charge is 0.342 e. The second kappa shape index (κ2) is 17.4. The number of Topliss-reactive ketones (excluding diaryl/α,β-unsaturated/α-hetero) is 1. The van der Waals surface area contributed by atoms with Crippen molar-refractivity contribution in [3.8, 4) is 34.5 Å². The van der Waals surface area contributed by atoms with E-state index in [9.17, 15) is 34.8 Å². The Morgan fingerprint density at radius 3 is 2.32 bits per heavy atom. The molecule has 0 fully saturated rings. The molecule has 5 N–H and O–H groups in total. The summed E-state index contributed by atoms with van der Waals surface area (Å²) in [5.41, 5.74) is 0.654. The number of hydrogen-bond acceptors (Lipinski definition) is 11. The normalized spacial score (nSPS) is 16.7. The van der Waals surface area contributed by atoms with Crippen LogP contribution in [0.5, 0.6) is 34.5 Å². The second-order valence-corrected chi connectivity index (χ2v) is 12.2. The van der Waals surface area contributed by atoms with Crippen molar-refractivity contribution in [2.75, 3.05) is 27.9 Å². The molecule has 3 atom stereocenters. The van der Waals surface area contributed by atoms with E-state index in [4.69, 9.17) is 18.9 Å². The van der Waals surface area contributed by atoms with Gasteiger partial charge >= 0.3 is 5.97 Å². The van der Waals surface area contributed by atoms with Crippen molar-refractivity contribution in [3.05, 3.63) is 76.4 Å². The molecule has 3 aromatic rings. The van der Waals surface area contributed by atoms with Gasteiger partial charge in [0.2, 0.25) is 11.7 Å². The minimum absolute atomic E-state index is 0.0402. The average Bonchev–Trinajstić information content (AvgIpc) is 3.08. The number of cyclic esters (lactones) is 1. The highest BCUT2D eigenvalue weighted by Gasteiger charge is 2.32. The Balaban J connectivity index is 1.81. The summed E-state index contributed by atoms with van der Waals surface area (Å²) in [6.45, 7) is 1.50. The summed E-state index contributed by atoms with van der Waals surface area (Å²) in [5.74, 6) is -2.57. The molecule has 3 aromatic carbocycles. The zero-order valence-corrected chi connectivity index (χ0v) is 28.7. The lowest BCUT2D eigenvalue weighted by Gasteiger charge is -2.24. The fraction of sp³-hybridized carbons (Fsp3) is 0.395. The fourth-order valence-electron chi connectivity index (χ4n) is 6.03. The Kier molecular flexibility index (Phi) is 13.1. The number of hydrogen-bond donors (Lipinski definition) is 5. The Bertz CT molecular complexity index is 1690. The summed E-state index contributed by atoms with van der Waals surface area (Å²) in [6, 6.07) is 10.5. The number of ketones is 1. The number of fused-ring (bicyclic) bond motifs is 1. The van der Waals surface area contributed by atoms with E-state index in [2.05, 4.69) is 5.32 Å². The Labute approximate surface area is 291 Å². The van der Waals surface area contributed by atoms with Gasteiger partial charge in [0.15, 0.2) is 11.5 Å². The first-order valence-electron chi connectivity index (χ1n) is 16.5. The van der Waals surface area contributed by atoms with E-state index in [0.29, 0.717) is 49.7 Å². The number of phenols is 3. The van der Waals surface area contributed by atoms with E-state index in [1.807, 2.05) is 0 Å². The third-order valence-corrected chi connectivity index (χ3v) is 8.63. The molecule has 12 heteroatoms. The van der Waals surface area contributed by atoms with Crippen LogP contribution in [0.25, 0.3) is 6.08 Å². The topological polar surface area (TPSA) is 181 Å². The molecular weight excluding hydrogens is 646 g/mol. The molecule has 268 valence electrons. The molecule has 2 unspecified atom stereocenters. The van der Waals surface area contributed by atoms with Gasteiger partial charge in [-0.2, -0.15) is 0 Å². The van der Waals surface area contributed by atoms with Crippen molar-refractivity contribution in [2.45, 2.75) is 70.0 Å². The monoisotopic (exact) mass is 691 g/mol. The molecule has 1 aliphatic rings. The average molecular weight is 692 g/mol. The van der Waals surface area contributed by atoms with Gasteiger partial charge in [-0.15, -0.1) is 0 Å². The molecule has 0 aromatic heterocycles. The minimum atomic E-state index is -1.14. The molecule has 50 heavy (non-hydrogen) atoms. The van der Waals surface area contributed by atoms with Gasteiger partial charge in [0, 0.05) is 37.3 Å². The first-order chi connectivity index (χ1) is 24.0. The number of phenolic OH excluding ortho intramolecular Hbond substituents is 3. The third-order valence-electron chi connectivity index (χ3n) is 8.63. The number of aliphatic hydroxyl groups is 1. The Hall–Kier alpha value is -5.23. The SMILES string of the molecule is COc1cc(C(CC(=O)NCC(O)c2cccc(O)c2)c2c(O)cc3c(c2O)C(=O)O[C@@H](C)CCCC(=O)CCCC=C3)cc(OC)c1OC. The number of benzene rings is 3. The lowest BCUT2D eigenvalue weighted by Crippen LogP contribution is -2.30. The van der Waals surface area contributed by atoms with Crippen molar-refractivity contribution < 1.29 is 53.8 Å². The number of esters is 1. The van der Waals surface area contributed by atoms with E-state index >= 15 is 0 Å². The number of allylic oxidation sites excluding steroid dienone is 1. The van der Waals surface area contributed by atoms with E-state index in [-0.39, 0.29) is 58.4 Å². The van der Waals surface area contributed by atoms with Crippen LogP contribution in [0.1, 0.15) is 96.5 Å². The van der Waals surface area contributed by atoms with Gasteiger partial charge in [-0.1, -0.05) is 24.3 Å². The van der Waals surface area contributed by atoms with Crippen molar-refractivity contribution >= 4 is 23.7 Å². The molecule has 0 saturated carbocycles. The molecule has 1 amide bonds. The summed E-state index contributed by atoms with van der Waals surface area (Å²) < 4.78 is 22.3. The van der Waals surface area contributed by atoms with Gasteiger partial charge < -0.3 is 44.7 Å². The van der Waals surface area contributed by atoms with Crippen LogP contribution in [-0.4, -0.2) is 72.1 Å².